The van der Waals surface area contributed by atoms with Crippen molar-refractivity contribution in [3.05, 3.63) is 78.7 Å². The minimum absolute atomic E-state index is 0.000861. The lowest BCUT2D eigenvalue weighted by molar-refractivity contribution is -0.0312. The van der Waals surface area contributed by atoms with E-state index in [1.165, 1.54) is 23.5 Å². The predicted octanol–water partition coefficient (Wildman–Crippen LogP) is 2.96. The summed E-state index contributed by atoms with van der Waals surface area (Å²) in [6, 6.07) is 20.6. The minimum Gasteiger partial charge on any atom is -0.491 e. The highest BCUT2D eigenvalue weighted by molar-refractivity contribution is 7.89. The molecular weight excluding hydrogens is 659 g/mol. The molecule has 2 unspecified atom stereocenters. The van der Waals surface area contributed by atoms with Crippen LogP contribution in [0.4, 0.5) is 0 Å². The van der Waals surface area contributed by atoms with Crippen LogP contribution in [0.1, 0.15) is 25.2 Å². The molecule has 256 valence electrons. The van der Waals surface area contributed by atoms with E-state index < -0.39 is 31.8 Å². The molecular formula is C33H39N5O8S2. The van der Waals surface area contributed by atoms with Crippen molar-refractivity contribution >= 4 is 20.0 Å². The number of rotatable bonds is 12. The van der Waals surface area contributed by atoms with Crippen LogP contribution in [-0.4, -0.2) is 94.0 Å². The lowest BCUT2D eigenvalue weighted by Gasteiger charge is -2.38. The lowest BCUT2D eigenvalue weighted by Crippen LogP contribution is -2.47. The maximum absolute atomic E-state index is 13.7. The molecule has 1 spiro atoms. The van der Waals surface area contributed by atoms with Crippen LogP contribution in [0.3, 0.4) is 0 Å². The van der Waals surface area contributed by atoms with E-state index in [1.54, 1.807) is 37.3 Å². The smallest absolute Gasteiger partial charge is 0.243 e. The second kappa shape index (κ2) is 14.0. The van der Waals surface area contributed by atoms with Gasteiger partial charge in [0.2, 0.25) is 31.8 Å². The van der Waals surface area contributed by atoms with Gasteiger partial charge in [0.25, 0.3) is 0 Å². The zero-order chi connectivity index (χ0) is 33.9. The molecule has 3 aromatic carbocycles. The lowest BCUT2D eigenvalue weighted by atomic mass is 9.88. The minimum atomic E-state index is -3.72. The molecule has 0 amide bonds. The Bertz CT molecular complexity index is 1940. The molecule has 0 aliphatic carbocycles. The highest BCUT2D eigenvalue weighted by atomic mass is 32.2. The number of nitrogens with zero attached hydrogens (tertiary/aromatic N) is 3. The molecule has 15 heteroatoms. The van der Waals surface area contributed by atoms with Crippen LogP contribution in [0.15, 0.2) is 87.1 Å². The van der Waals surface area contributed by atoms with E-state index in [-0.39, 0.29) is 29.0 Å². The Morgan fingerprint density at radius 3 is 2.40 bits per heavy atom. The summed E-state index contributed by atoms with van der Waals surface area (Å²) < 4.78 is 72.1. The van der Waals surface area contributed by atoms with E-state index in [1.807, 2.05) is 30.3 Å². The number of hydrogen-bond donors (Lipinski definition) is 3. The molecule has 4 aromatic rings. The molecule has 13 nitrogen and oxygen atoms in total. The first-order valence-electron chi connectivity index (χ1n) is 15.7. The normalized spacial score (nSPS) is 19.0. The van der Waals surface area contributed by atoms with Gasteiger partial charge in [-0.15, -0.1) is 0 Å². The van der Waals surface area contributed by atoms with E-state index in [2.05, 4.69) is 20.2 Å². The summed E-state index contributed by atoms with van der Waals surface area (Å²) in [6.07, 6.45) is 1.01. The fourth-order valence-corrected chi connectivity index (χ4v) is 8.33. The number of aliphatic hydroxyl groups excluding tert-OH is 1. The van der Waals surface area contributed by atoms with Gasteiger partial charge in [0.15, 0.2) is 0 Å². The first-order valence-corrected chi connectivity index (χ1v) is 18.6. The van der Waals surface area contributed by atoms with Gasteiger partial charge in [-0.1, -0.05) is 47.6 Å². The molecule has 2 aliphatic rings. The van der Waals surface area contributed by atoms with Crippen molar-refractivity contribution in [1.82, 2.24) is 24.5 Å². The summed E-state index contributed by atoms with van der Waals surface area (Å²) in [6.45, 7) is 3.11. The van der Waals surface area contributed by atoms with Crippen LogP contribution >= 0.6 is 0 Å². The number of hydrogen-bond acceptors (Lipinski definition) is 11. The average molecular weight is 698 g/mol. The number of ether oxygens (including phenoxy) is 2. The van der Waals surface area contributed by atoms with Gasteiger partial charge >= 0.3 is 0 Å². The average Bonchev–Trinajstić information content (AvgIpc) is 3.72. The van der Waals surface area contributed by atoms with Gasteiger partial charge in [-0.2, -0.15) is 9.29 Å². The third-order valence-corrected chi connectivity index (χ3v) is 12.1. The van der Waals surface area contributed by atoms with Crippen LogP contribution in [0.2, 0.25) is 0 Å². The fourth-order valence-electron chi connectivity index (χ4n) is 6.07. The Morgan fingerprint density at radius 2 is 1.69 bits per heavy atom. The largest absolute Gasteiger partial charge is 0.491 e. The van der Waals surface area contributed by atoms with E-state index in [9.17, 15) is 21.9 Å². The molecule has 0 bridgehead atoms. The Balaban J connectivity index is 0.992. The van der Waals surface area contributed by atoms with E-state index in [4.69, 9.17) is 14.0 Å². The first-order chi connectivity index (χ1) is 23.0. The molecule has 2 aliphatic heterocycles. The number of benzene rings is 3. The number of nitrogens with one attached hydrogen (secondary N) is 2. The zero-order valence-corrected chi connectivity index (χ0v) is 28.3. The zero-order valence-electron chi connectivity index (χ0n) is 26.7. The summed E-state index contributed by atoms with van der Waals surface area (Å²) in [5.41, 5.74) is 2.04. The Hall–Kier alpha value is -3.70. The van der Waals surface area contributed by atoms with Gasteiger partial charge in [0.1, 0.15) is 18.5 Å². The maximum atomic E-state index is 13.7. The standard InChI is InChI=1S/C33H39N5O8S2/c1-23-36-32(37-46-23)25-11-9-24(10-12-25)26-5-3-8-31(17-26)48(42,43)38-15-13-33(14-16-38)19-27(21-45-33)35-20-28(39)22-44-29-6-4-7-30(18-29)47(40,41)34-2/h3-12,17-18,27-28,34-35,39H,13-16,19-22H2,1-2H3. The van der Waals surface area contributed by atoms with Crippen molar-refractivity contribution in [2.24, 2.45) is 0 Å². The highest BCUT2D eigenvalue weighted by Gasteiger charge is 2.44. The maximum Gasteiger partial charge on any atom is 0.243 e. The van der Waals surface area contributed by atoms with Crippen LogP contribution in [0.5, 0.6) is 5.75 Å². The highest BCUT2D eigenvalue weighted by Crippen LogP contribution is 2.38. The van der Waals surface area contributed by atoms with E-state index in [0.29, 0.717) is 56.4 Å². The first kappa shape index (κ1) is 34.2. The molecule has 2 atom stereocenters. The second-order valence-electron chi connectivity index (χ2n) is 12.1. The summed E-state index contributed by atoms with van der Waals surface area (Å²) in [5.74, 6) is 1.32. The van der Waals surface area contributed by atoms with Crippen molar-refractivity contribution in [2.45, 2.75) is 53.7 Å². The van der Waals surface area contributed by atoms with E-state index in [0.717, 1.165) is 16.7 Å². The molecule has 48 heavy (non-hydrogen) atoms. The monoisotopic (exact) mass is 697 g/mol. The van der Waals surface area contributed by atoms with Crippen LogP contribution in [0, 0.1) is 6.92 Å². The van der Waals surface area contributed by atoms with Gasteiger partial charge in [0.05, 0.1) is 22.0 Å². The van der Waals surface area contributed by atoms with Gasteiger partial charge in [0, 0.05) is 44.2 Å². The number of piperidine rings is 1. The third-order valence-electron chi connectivity index (χ3n) is 8.79. The summed E-state index contributed by atoms with van der Waals surface area (Å²) >= 11 is 0. The number of sulfonamides is 2. The molecule has 0 saturated carbocycles. The molecule has 3 heterocycles. The fraction of sp³-hybridized carbons (Fsp3) is 0.394. The van der Waals surface area contributed by atoms with Crippen LogP contribution in [0.25, 0.3) is 22.5 Å². The summed E-state index contributed by atoms with van der Waals surface area (Å²) in [4.78, 5) is 4.57. The molecule has 2 fully saturated rings. The van der Waals surface area contributed by atoms with Crippen molar-refractivity contribution in [3.63, 3.8) is 0 Å². The van der Waals surface area contributed by atoms with Crippen LogP contribution in [-0.2, 0) is 24.8 Å². The van der Waals surface area contributed by atoms with Crippen molar-refractivity contribution in [1.29, 1.82) is 0 Å². The van der Waals surface area contributed by atoms with Crippen molar-refractivity contribution in [3.8, 4) is 28.3 Å². The van der Waals surface area contributed by atoms with Gasteiger partial charge in [-0.05, 0) is 61.7 Å². The van der Waals surface area contributed by atoms with Crippen molar-refractivity contribution in [2.75, 3.05) is 39.9 Å². The molecule has 1 aromatic heterocycles. The molecule has 0 radical (unpaired) electrons. The molecule has 3 N–H and O–H groups in total. The Labute approximate surface area is 280 Å². The van der Waals surface area contributed by atoms with Gasteiger partial charge in [-0.3, -0.25) is 0 Å². The Kier molecular flexibility index (Phi) is 9.99. The summed E-state index contributed by atoms with van der Waals surface area (Å²) in [5, 5.41) is 17.8. The topological polar surface area (TPSA) is 173 Å². The molecule has 2 saturated heterocycles. The van der Waals surface area contributed by atoms with Gasteiger partial charge < -0.3 is 24.4 Å². The third kappa shape index (κ3) is 7.62. The number of aliphatic hydroxyl groups is 1. The SMILES string of the molecule is CNS(=O)(=O)c1cccc(OCC(O)CNC2COC3(CCN(S(=O)(=O)c4cccc(-c5ccc(-c6noc(C)n6)cc5)c4)CC3)C2)c1. The second-order valence-corrected chi connectivity index (χ2v) is 15.9. The summed E-state index contributed by atoms with van der Waals surface area (Å²) in [7, 11) is -5.98. The Morgan fingerprint density at radius 1 is 0.979 bits per heavy atom. The molecule has 6 rings (SSSR count). The quantitative estimate of drug-likeness (QED) is 0.199. The van der Waals surface area contributed by atoms with Gasteiger partial charge in [-0.25, -0.2) is 21.6 Å². The van der Waals surface area contributed by atoms with Crippen molar-refractivity contribution < 1.29 is 35.9 Å². The number of aromatic nitrogens is 2. The van der Waals surface area contributed by atoms with Crippen LogP contribution < -0.4 is 14.8 Å². The number of aryl methyl sites for hydroxylation is 1. The van der Waals surface area contributed by atoms with E-state index >= 15 is 0 Å². The predicted molar refractivity (Wildman–Crippen MR) is 177 cm³/mol.